The molecule has 3 aromatic rings. The molecule has 0 saturated carbocycles. The smallest absolute Gasteiger partial charge is 0.235 e. The van der Waals surface area contributed by atoms with Crippen LogP contribution in [0, 0.1) is 13.8 Å². The number of fused-ring (bicyclic) bond motifs is 3. The molecule has 0 N–H and O–H groups in total. The van der Waals surface area contributed by atoms with Crippen LogP contribution in [0.4, 0.5) is 0 Å². The molecule has 3 heteroatoms. The van der Waals surface area contributed by atoms with Crippen LogP contribution in [-0.2, 0) is 7.05 Å². The van der Waals surface area contributed by atoms with Gasteiger partial charge in [0.1, 0.15) is 5.52 Å². The number of hydrogen-bond donors (Lipinski definition) is 0. The van der Waals surface area contributed by atoms with Gasteiger partial charge < -0.3 is 0 Å². The third-order valence-electron chi connectivity index (χ3n) is 3.14. The van der Waals surface area contributed by atoms with Gasteiger partial charge >= 0.3 is 5.78 Å². The number of para-hydroxylation sites is 2. The fourth-order valence-corrected chi connectivity index (χ4v) is 2.21. The van der Waals surface area contributed by atoms with Gasteiger partial charge in [-0.25, -0.2) is 4.57 Å². The van der Waals surface area contributed by atoms with Crippen LogP contribution < -0.4 is 4.57 Å². The molecule has 0 bridgehead atoms. The van der Waals surface area contributed by atoms with E-state index in [0.29, 0.717) is 0 Å². The Hall–Kier alpha value is -1.90. The van der Waals surface area contributed by atoms with Gasteiger partial charge in [-0.2, -0.15) is 4.40 Å². The zero-order valence-electron chi connectivity index (χ0n) is 9.73. The third kappa shape index (κ3) is 1.08. The molecule has 16 heavy (non-hydrogen) atoms. The first kappa shape index (κ1) is 9.33. The van der Waals surface area contributed by atoms with E-state index in [2.05, 4.69) is 59.1 Å². The number of nitrogens with zero attached hydrogens (tertiary/aromatic N) is 3. The zero-order chi connectivity index (χ0) is 11.3. The van der Waals surface area contributed by atoms with E-state index in [1.54, 1.807) is 0 Å². The highest BCUT2D eigenvalue weighted by Crippen LogP contribution is 2.16. The topological polar surface area (TPSA) is 21.2 Å². The van der Waals surface area contributed by atoms with E-state index >= 15 is 0 Å². The van der Waals surface area contributed by atoms with E-state index in [-0.39, 0.29) is 0 Å². The van der Waals surface area contributed by atoms with Gasteiger partial charge in [-0.05, 0) is 26.0 Å². The highest BCUT2D eigenvalue weighted by atomic mass is 15.2. The minimum atomic E-state index is 0.999. The van der Waals surface area contributed by atoms with E-state index in [1.807, 2.05) is 6.07 Å². The Morgan fingerprint density at radius 1 is 1.19 bits per heavy atom. The van der Waals surface area contributed by atoms with Gasteiger partial charge in [0.2, 0.25) is 0 Å². The lowest BCUT2D eigenvalue weighted by molar-refractivity contribution is -0.656. The Bertz CT molecular complexity index is 695. The summed E-state index contributed by atoms with van der Waals surface area (Å²) in [5, 5.41) is 0. The third-order valence-corrected chi connectivity index (χ3v) is 3.14. The number of aromatic nitrogens is 3. The van der Waals surface area contributed by atoms with Gasteiger partial charge in [0.15, 0.2) is 5.52 Å². The van der Waals surface area contributed by atoms with E-state index in [0.717, 1.165) is 11.3 Å². The average Bonchev–Trinajstić information content (AvgIpc) is 2.65. The largest absolute Gasteiger partial charge is 0.404 e. The molecule has 0 amide bonds. The fraction of sp³-hybridized carbons (Fsp3) is 0.231. The molecule has 80 valence electrons. The van der Waals surface area contributed by atoms with Crippen molar-refractivity contribution in [1.82, 2.24) is 9.38 Å². The second-order valence-electron chi connectivity index (χ2n) is 4.22. The van der Waals surface area contributed by atoms with Crippen LogP contribution in [0.2, 0.25) is 0 Å². The van der Waals surface area contributed by atoms with Gasteiger partial charge in [-0.3, -0.25) is 0 Å². The molecule has 3 rings (SSSR count). The van der Waals surface area contributed by atoms with Crippen molar-refractivity contribution in [3.63, 3.8) is 0 Å². The second kappa shape index (κ2) is 3.04. The first-order valence-electron chi connectivity index (χ1n) is 5.42. The number of aryl methyl sites for hydroxylation is 3. The molecule has 0 atom stereocenters. The average molecular weight is 212 g/mol. The fourth-order valence-electron chi connectivity index (χ4n) is 2.21. The summed E-state index contributed by atoms with van der Waals surface area (Å²) in [6.45, 7) is 4.22. The van der Waals surface area contributed by atoms with Crippen molar-refractivity contribution >= 4 is 16.8 Å². The maximum Gasteiger partial charge on any atom is 0.404 e. The monoisotopic (exact) mass is 212 g/mol. The van der Waals surface area contributed by atoms with Gasteiger partial charge in [-0.1, -0.05) is 17.1 Å². The standard InChI is InChI=1S/C13H14N3/c1-9-8-10(2)16-12-7-5-4-6-11(12)14-13(16)15(9)3/h4-8H,1-3H3/q+1. The lowest BCUT2D eigenvalue weighted by atomic mass is 10.3. The molecule has 0 radical (unpaired) electrons. The quantitative estimate of drug-likeness (QED) is 0.522. The van der Waals surface area contributed by atoms with Crippen molar-refractivity contribution in [3.8, 4) is 0 Å². The van der Waals surface area contributed by atoms with E-state index < -0.39 is 0 Å². The zero-order valence-corrected chi connectivity index (χ0v) is 9.73. The van der Waals surface area contributed by atoms with Crippen LogP contribution in [0.3, 0.4) is 0 Å². The summed E-state index contributed by atoms with van der Waals surface area (Å²) in [6, 6.07) is 10.4. The Morgan fingerprint density at radius 3 is 2.75 bits per heavy atom. The Morgan fingerprint density at radius 2 is 1.94 bits per heavy atom. The predicted octanol–water partition coefficient (Wildman–Crippen LogP) is 1.93. The normalized spacial score (nSPS) is 11.4. The molecule has 3 nitrogen and oxygen atoms in total. The van der Waals surface area contributed by atoms with Gasteiger partial charge in [-0.15, -0.1) is 0 Å². The SMILES string of the molecule is Cc1cc(C)[n+](C)c2nc3ccccc3n12. The van der Waals surface area contributed by atoms with E-state index in [1.165, 1.54) is 16.9 Å². The van der Waals surface area contributed by atoms with Crippen molar-refractivity contribution in [3.05, 3.63) is 41.7 Å². The van der Waals surface area contributed by atoms with Crippen LogP contribution in [0.15, 0.2) is 30.3 Å². The summed E-state index contributed by atoms with van der Waals surface area (Å²) >= 11 is 0. The highest BCUT2D eigenvalue weighted by Gasteiger charge is 2.17. The first-order valence-corrected chi connectivity index (χ1v) is 5.42. The molecule has 0 aliphatic rings. The molecule has 0 unspecified atom stereocenters. The van der Waals surface area contributed by atoms with Gasteiger partial charge in [0, 0.05) is 6.07 Å². The molecule has 0 fully saturated rings. The second-order valence-corrected chi connectivity index (χ2v) is 4.22. The van der Waals surface area contributed by atoms with Gasteiger partial charge in [0.05, 0.1) is 18.4 Å². The summed E-state index contributed by atoms with van der Waals surface area (Å²) in [4.78, 5) is 4.66. The summed E-state index contributed by atoms with van der Waals surface area (Å²) < 4.78 is 4.31. The Labute approximate surface area is 94.0 Å². The molecule has 0 saturated heterocycles. The van der Waals surface area contributed by atoms with Crippen LogP contribution in [-0.4, -0.2) is 9.38 Å². The predicted molar refractivity (Wildman–Crippen MR) is 63.3 cm³/mol. The Balaban J connectivity index is 2.64. The summed E-state index contributed by atoms with van der Waals surface area (Å²) in [5.41, 5.74) is 4.66. The maximum atomic E-state index is 4.66. The number of hydrogen-bond acceptors (Lipinski definition) is 1. The number of benzene rings is 1. The first-order chi connectivity index (χ1) is 7.68. The number of rotatable bonds is 0. The minimum absolute atomic E-state index is 0.999. The van der Waals surface area contributed by atoms with Crippen molar-refractivity contribution in [2.24, 2.45) is 7.05 Å². The maximum absolute atomic E-state index is 4.66. The molecule has 0 spiro atoms. The molecule has 0 aliphatic heterocycles. The van der Waals surface area contributed by atoms with Crippen LogP contribution in [0.5, 0.6) is 0 Å². The molecular formula is C13H14N3+. The molecule has 2 aromatic heterocycles. The molecule has 2 heterocycles. The van der Waals surface area contributed by atoms with Crippen LogP contribution in [0.1, 0.15) is 11.4 Å². The minimum Gasteiger partial charge on any atom is -0.235 e. The lowest BCUT2D eigenvalue weighted by Crippen LogP contribution is -2.35. The summed E-state index contributed by atoms with van der Waals surface area (Å²) in [6.07, 6.45) is 0. The van der Waals surface area contributed by atoms with Crippen molar-refractivity contribution < 1.29 is 4.57 Å². The number of imidazole rings is 1. The van der Waals surface area contributed by atoms with Gasteiger partial charge in [0.25, 0.3) is 0 Å². The summed E-state index contributed by atoms with van der Waals surface area (Å²) in [7, 11) is 2.05. The van der Waals surface area contributed by atoms with Crippen LogP contribution in [0.25, 0.3) is 16.8 Å². The molecular weight excluding hydrogens is 198 g/mol. The molecule has 1 aromatic carbocycles. The van der Waals surface area contributed by atoms with Crippen molar-refractivity contribution in [2.75, 3.05) is 0 Å². The highest BCUT2D eigenvalue weighted by molar-refractivity contribution is 5.78. The van der Waals surface area contributed by atoms with Crippen molar-refractivity contribution in [1.29, 1.82) is 0 Å². The van der Waals surface area contributed by atoms with E-state index in [9.17, 15) is 0 Å². The molecule has 0 aliphatic carbocycles. The lowest BCUT2D eigenvalue weighted by Gasteiger charge is -2.01. The van der Waals surface area contributed by atoms with Crippen LogP contribution >= 0.6 is 0 Å². The van der Waals surface area contributed by atoms with E-state index in [4.69, 9.17) is 0 Å². The van der Waals surface area contributed by atoms with Crippen molar-refractivity contribution in [2.45, 2.75) is 13.8 Å². The Kier molecular flexibility index (Phi) is 1.78. The summed E-state index contributed by atoms with van der Waals surface area (Å²) in [5.74, 6) is 0.999.